The van der Waals surface area contributed by atoms with Gasteiger partial charge < -0.3 is 15.5 Å². The van der Waals surface area contributed by atoms with Crippen molar-refractivity contribution < 1.29 is 9.21 Å². The maximum Gasteiger partial charge on any atom is 0.230 e. The molecule has 0 atom stereocenters. The van der Waals surface area contributed by atoms with Gasteiger partial charge in [0.15, 0.2) is 0 Å². The van der Waals surface area contributed by atoms with Crippen molar-refractivity contribution in [2.24, 2.45) is 0 Å². The Morgan fingerprint density at radius 3 is 2.53 bits per heavy atom. The lowest BCUT2D eigenvalue weighted by atomic mass is 9.83. The molecule has 1 heterocycles. The van der Waals surface area contributed by atoms with Gasteiger partial charge in [0.1, 0.15) is 5.76 Å². The molecule has 0 radical (unpaired) electrons. The highest BCUT2D eigenvalue weighted by atomic mass is 16.3. The van der Waals surface area contributed by atoms with Crippen LogP contribution < -0.4 is 11.1 Å². The largest absolute Gasteiger partial charge is 0.467 e. The van der Waals surface area contributed by atoms with Gasteiger partial charge in [0.05, 0.1) is 18.2 Å². The van der Waals surface area contributed by atoms with E-state index in [0.717, 1.165) is 11.3 Å². The summed E-state index contributed by atoms with van der Waals surface area (Å²) >= 11 is 0. The van der Waals surface area contributed by atoms with Gasteiger partial charge in [-0.25, -0.2) is 0 Å². The molecule has 1 amide bonds. The number of anilines is 1. The van der Waals surface area contributed by atoms with Gasteiger partial charge >= 0.3 is 0 Å². The summed E-state index contributed by atoms with van der Waals surface area (Å²) in [6.45, 7) is 4.16. The van der Waals surface area contributed by atoms with Gasteiger partial charge in [-0.1, -0.05) is 12.1 Å². The molecule has 1 aromatic carbocycles. The number of carbonyl (C=O) groups is 1. The van der Waals surface area contributed by atoms with E-state index in [-0.39, 0.29) is 5.91 Å². The number of rotatable bonds is 4. The standard InChI is InChI=1S/C15H18N2O2/c1-15(2,11-5-7-12(16)8-6-11)14(18)17-10-13-4-3-9-19-13/h3-9H,10,16H2,1-2H3,(H,17,18). The second-order valence-corrected chi connectivity index (χ2v) is 5.01. The van der Waals surface area contributed by atoms with Gasteiger partial charge in [-0.15, -0.1) is 0 Å². The molecule has 2 aromatic rings. The van der Waals surface area contributed by atoms with Gasteiger partial charge in [-0.05, 0) is 43.7 Å². The number of hydrogen-bond donors (Lipinski definition) is 2. The fourth-order valence-electron chi connectivity index (χ4n) is 1.83. The van der Waals surface area contributed by atoms with Crippen LogP contribution in [0.2, 0.25) is 0 Å². The topological polar surface area (TPSA) is 68.3 Å². The Balaban J connectivity index is 2.06. The SMILES string of the molecule is CC(C)(C(=O)NCc1ccco1)c1ccc(N)cc1. The second kappa shape index (κ2) is 5.18. The Kier molecular flexibility index (Phi) is 3.60. The summed E-state index contributed by atoms with van der Waals surface area (Å²) in [6.07, 6.45) is 1.59. The van der Waals surface area contributed by atoms with Gasteiger partial charge in [0.2, 0.25) is 5.91 Å². The highest BCUT2D eigenvalue weighted by Crippen LogP contribution is 2.24. The zero-order valence-electron chi connectivity index (χ0n) is 11.1. The fraction of sp³-hybridized carbons (Fsp3) is 0.267. The molecule has 4 nitrogen and oxygen atoms in total. The van der Waals surface area contributed by atoms with Crippen LogP contribution >= 0.6 is 0 Å². The predicted octanol–water partition coefficient (Wildman–Crippen LogP) is 2.46. The minimum atomic E-state index is -0.611. The number of nitrogens with two attached hydrogens (primary N) is 1. The summed E-state index contributed by atoms with van der Waals surface area (Å²) in [5.41, 5.74) is 6.66. The minimum absolute atomic E-state index is 0.0475. The number of nitrogen functional groups attached to an aromatic ring is 1. The first-order valence-corrected chi connectivity index (χ1v) is 6.17. The molecule has 0 aliphatic rings. The zero-order chi connectivity index (χ0) is 13.9. The third kappa shape index (κ3) is 2.96. The minimum Gasteiger partial charge on any atom is -0.467 e. The van der Waals surface area contributed by atoms with E-state index in [1.807, 2.05) is 32.0 Å². The van der Waals surface area contributed by atoms with E-state index in [2.05, 4.69) is 5.32 Å². The fourth-order valence-corrected chi connectivity index (χ4v) is 1.83. The number of nitrogens with one attached hydrogen (secondary N) is 1. The summed E-state index contributed by atoms with van der Waals surface area (Å²) in [5, 5.41) is 2.87. The third-order valence-corrected chi connectivity index (χ3v) is 3.20. The Bertz CT molecular complexity index is 542. The van der Waals surface area contributed by atoms with Crippen molar-refractivity contribution in [3.05, 3.63) is 54.0 Å². The molecule has 2 rings (SSSR count). The van der Waals surface area contributed by atoms with Crippen molar-refractivity contribution >= 4 is 11.6 Å². The molecule has 0 saturated heterocycles. The highest BCUT2D eigenvalue weighted by molar-refractivity contribution is 5.87. The van der Waals surface area contributed by atoms with Crippen LogP contribution in [0.5, 0.6) is 0 Å². The monoisotopic (exact) mass is 258 g/mol. The van der Waals surface area contributed by atoms with E-state index in [4.69, 9.17) is 10.2 Å². The molecular formula is C15H18N2O2. The number of carbonyl (C=O) groups excluding carboxylic acids is 1. The lowest BCUT2D eigenvalue weighted by Crippen LogP contribution is -2.39. The number of amides is 1. The summed E-state index contributed by atoms with van der Waals surface area (Å²) in [6, 6.07) is 11.0. The van der Waals surface area contributed by atoms with E-state index in [1.54, 1.807) is 24.5 Å². The van der Waals surface area contributed by atoms with Crippen LogP contribution in [0.4, 0.5) is 5.69 Å². The first kappa shape index (κ1) is 13.2. The van der Waals surface area contributed by atoms with Crippen LogP contribution in [0.15, 0.2) is 47.1 Å². The third-order valence-electron chi connectivity index (χ3n) is 3.20. The van der Waals surface area contributed by atoms with E-state index in [9.17, 15) is 4.79 Å². The van der Waals surface area contributed by atoms with Crippen LogP contribution in [0.3, 0.4) is 0 Å². The average Bonchev–Trinajstić information content (AvgIpc) is 2.89. The Morgan fingerprint density at radius 2 is 1.95 bits per heavy atom. The molecule has 0 saturated carbocycles. The summed E-state index contributed by atoms with van der Waals surface area (Å²) < 4.78 is 5.19. The lowest BCUT2D eigenvalue weighted by Gasteiger charge is -2.24. The Labute approximate surface area is 112 Å². The molecule has 19 heavy (non-hydrogen) atoms. The van der Waals surface area contributed by atoms with Crippen LogP contribution in [0, 0.1) is 0 Å². The molecule has 0 bridgehead atoms. The normalized spacial score (nSPS) is 11.3. The smallest absolute Gasteiger partial charge is 0.230 e. The maximum atomic E-state index is 12.3. The maximum absolute atomic E-state index is 12.3. The van der Waals surface area contributed by atoms with Crippen LogP contribution in [-0.4, -0.2) is 5.91 Å². The molecule has 0 aliphatic carbocycles. The summed E-state index contributed by atoms with van der Waals surface area (Å²) in [4.78, 5) is 12.3. The van der Waals surface area contributed by atoms with Crippen molar-refractivity contribution in [1.29, 1.82) is 0 Å². The van der Waals surface area contributed by atoms with Crippen LogP contribution in [0.25, 0.3) is 0 Å². The van der Waals surface area contributed by atoms with Gasteiger partial charge in [0, 0.05) is 5.69 Å². The number of hydrogen-bond acceptors (Lipinski definition) is 3. The number of furan rings is 1. The van der Waals surface area contributed by atoms with Crippen LogP contribution in [-0.2, 0) is 16.8 Å². The quantitative estimate of drug-likeness (QED) is 0.828. The molecule has 100 valence electrons. The van der Waals surface area contributed by atoms with E-state index in [1.165, 1.54) is 0 Å². The molecule has 3 N–H and O–H groups in total. The van der Waals surface area contributed by atoms with Crippen molar-refractivity contribution in [3.8, 4) is 0 Å². The lowest BCUT2D eigenvalue weighted by molar-refractivity contribution is -0.125. The van der Waals surface area contributed by atoms with E-state index >= 15 is 0 Å². The van der Waals surface area contributed by atoms with Crippen molar-refractivity contribution in [2.75, 3.05) is 5.73 Å². The van der Waals surface area contributed by atoms with Crippen molar-refractivity contribution in [1.82, 2.24) is 5.32 Å². The number of benzene rings is 1. The highest BCUT2D eigenvalue weighted by Gasteiger charge is 2.29. The van der Waals surface area contributed by atoms with Gasteiger partial charge in [-0.2, -0.15) is 0 Å². The Morgan fingerprint density at radius 1 is 1.26 bits per heavy atom. The summed E-state index contributed by atoms with van der Waals surface area (Å²) in [7, 11) is 0. The second-order valence-electron chi connectivity index (χ2n) is 5.01. The first-order valence-electron chi connectivity index (χ1n) is 6.17. The summed E-state index contributed by atoms with van der Waals surface area (Å²) in [5.74, 6) is 0.690. The average molecular weight is 258 g/mol. The van der Waals surface area contributed by atoms with E-state index in [0.29, 0.717) is 12.2 Å². The van der Waals surface area contributed by atoms with Crippen molar-refractivity contribution in [3.63, 3.8) is 0 Å². The molecule has 1 aromatic heterocycles. The zero-order valence-corrected chi connectivity index (χ0v) is 11.1. The Hall–Kier alpha value is -2.23. The molecule has 0 aliphatic heterocycles. The molecular weight excluding hydrogens is 240 g/mol. The predicted molar refractivity (Wildman–Crippen MR) is 74.4 cm³/mol. The van der Waals surface area contributed by atoms with Crippen molar-refractivity contribution in [2.45, 2.75) is 25.8 Å². The van der Waals surface area contributed by atoms with Gasteiger partial charge in [-0.3, -0.25) is 4.79 Å². The van der Waals surface area contributed by atoms with Gasteiger partial charge in [0.25, 0.3) is 0 Å². The molecule has 4 heteroatoms. The molecule has 0 unspecified atom stereocenters. The first-order chi connectivity index (χ1) is 9.00. The van der Waals surface area contributed by atoms with E-state index < -0.39 is 5.41 Å². The molecule has 0 spiro atoms. The molecule has 0 fully saturated rings. The van der Waals surface area contributed by atoms with Crippen LogP contribution in [0.1, 0.15) is 25.2 Å².